The average molecular weight is 704 g/mol. The molecule has 220 valence electrons. The average Bonchev–Trinajstić information content (AvgIpc) is 2.89. The molecule has 3 aromatic rings. The lowest BCUT2D eigenvalue weighted by Gasteiger charge is -2.31. The van der Waals surface area contributed by atoms with Gasteiger partial charge in [0.05, 0.1) is 21.8 Å². The molecule has 0 spiro atoms. The molecule has 1 fully saturated rings. The number of nitrogens with one attached hydrogen (secondary N) is 3. The zero-order chi connectivity index (χ0) is 29.9. The number of rotatable bonds is 6. The number of hydrogen-bond donors (Lipinski definition) is 3. The minimum atomic E-state index is -4.61. The van der Waals surface area contributed by atoms with Crippen LogP contribution in [0.4, 0.5) is 23.7 Å². The molecule has 2 aromatic heterocycles. The summed E-state index contributed by atoms with van der Waals surface area (Å²) in [6.45, 7) is 5.27. The van der Waals surface area contributed by atoms with Crippen molar-refractivity contribution in [2.75, 3.05) is 5.32 Å². The summed E-state index contributed by atoms with van der Waals surface area (Å²) in [6.07, 6.45) is -0.594. The lowest BCUT2D eigenvalue weighted by Crippen LogP contribution is -2.42. The van der Waals surface area contributed by atoms with Crippen LogP contribution in [0.15, 0.2) is 36.5 Å². The van der Waals surface area contributed by atoms with E-state index < -0.39 is 34.4 Å². The Morgan fingerprint density at radius 2 is 1.78 bits per heavy atom. The lowest BCUT2D eigenvalue weighted by molar-refractivity contribution is -0.137. The van der Waals surface area contributed by atoms with Gasteiger partial charge in [-0.25, -0.2) is 9.78 Å². The molecule has 13 heteroatoms. The molecule has 1 saturated carbocycles. The van der Waals surface area contributed by atoms with Crippen LogP contribution in [0.1, 0.15) is 68.1 Å². The zero-order valence-corrected chi connectivity index (χ0v) is 25.6. The number of aromatic nitrogens is 2. The van der Waals surface area contributed by atoms with E-state index in [0.29, 0.717) is 40.6 Å². The van der Waals surface area contributed by atoms with Crippen molar-refractivity contribution in [1.82, 2.24) is 20.6 Å². The number of alkyl halides is 3. The molecule has 1 aliphatic carbocycles. The monoisotopic (exact) mass is 703 g/mol. The van der Waals surface area contributed by atoms with Crippen LogP contribution in [0.25, 0.3) is 10.9 Å². The summed E-state index contributed by atoms with van der Waals surface area (Å²) >= 11 is 7.76. The van der Waals surface area contributed by atoms with Gasteiger partial charge in [-0.2, -0.15) is 13.2 Å². The van der Waals surface area contributed by atoms with E-state index in [4.69, 9.17) is 16.3 Å². The van der Waals surface area contributed by atoms with Crippen molar-refractivity contribution in [2.45, 2.75) is 76.9 Å². The van der Waals surface area contributed by atoms with Crippen molar-refractivity contribution < 1.29 is 27.5 Å². The number of anilines is 1. The molecule has 0 aliphatic heterocycles. The number of hydrogen-bond acceptors (Lipinski definition) is 6. The second kappa shape index (κ2) is 12.6. The molecule has 2 amide bonds. The molecule has 0 unspecified atom stereocenters. The van der Waals surface area contributed by atoms with Crippen LogP contribution in [-0.4, -0.2) is 39.7 Å². The van der Waals surface area contributed by atoms with Crippen LogP contribution in [0.3, 0.4) is 0 Å². The summed E-state index contributed by atoms with van der Waals surface area (Å²) in [5.41, 5.74) is -0.188. The summed E-state index contributed by atoms with van der Waals surface area (Å²) in [4.78, 5) is 34.6. The van der Waals surface area contributed by atoms with E-state index in [1.165, 1.54) is 6.07 Å². The first-order chi connectivity index (χ1) is 19.2. The summed E-state index contributed by atoms with van der Waals surface area (Å²) in [6, 6.07) is 7.10. The van der Waals surface area contributed by atoms with E-state index in [2.05, 4.69) is 25.9 Å². The number of carbonyl (C=O) groups excluding carboxylic acids is 2. The molecule has 1 aliphatic rings. The maximum Gasteiger partial charge on any atom is 0.417 e. The van der Waals surface area contributed by atoms with Crippen LogP contribution in [-0.2, 0) is 17.5 Å². The molecule has 0 saturated heterocycles. The van der Waals surface area contributed by atoms with Crippen molar-refractivity contribution in [1.29, 1.82) is 0 Å². The fraction of sp³-hybridized carbons (Fsp3) is 0.429. The van der Waals surface area contributed by atoms with Gasteiger partial charge in [0.2, 0.25) is 0 Å². The van der Waals surface area contributed by atoms with Gasteiger partial charge in [0.1, 0.15) is 9.30 Å². The fourth-order valence-corrected chi connectivity index (χ4v) is 5.53. The highest BCUT2D eigenvalue weighted by molar-refractivity contribution is 14.1. The van der Waals surface area contributed by atoms with Crippen LogP contribution >= 0.6 is 34.2 Å². The SMILES string of the molecule is CC(C)(C)OC(=O)NC1CCC(Nc2c(C(=O)NCc3ccc(Cl)c(C(F)(F)F)c3)nc(I)c3cccnc23)CC1. The predicted molar refractivity (Wildman–Crippen MR) is 159 cm³/mol. The van der Waals surface area contributed by atoms with Crippen molar-refractivity contribution >= 4 is 62.8 Å². The standard InChI is InChI=1S/C28H30ClF3IN5O3/c1-27(2,3)41-26(40)37-17-9-7-16(8-10-17)36-22-21-18(5-4-12-34-21)24(33)38-23(22)25(39)35-14-15-6-11-20(29)19(13-15)28(30,31)32/h4-6,11-13,16-17,36H,7-10,14H2,1-3H3,(H,35,39)(H,37,40). The number of carbonyl (C=O) groups is 2. The van der Waals surface area contributed by atoms with Crippen molar-refractivity contribution in [3.05, 3.63) is 62.1 Å². The lowest BCUT2D eigenvalue weighted by atomic mass is 9.91. The summed E-state index contributed by atoms with van der Waals surface area (Å²) in [7, 11) is 0. The first-order valence-corrected chi connectivity index (χ1v) is 14.5. The van der Waals surface area contributed by atoms with Crippen LogP contribution in [0.5, 0.6) is 0 Å². The van der Waals surface area contributed by atoms with Gasteiger partial charge in [0, 0.05) is 30.2 Å². The molecular weight excluding hydrogens is 674 g/mol. The number of halogens is 5. The number of alkyl carbamates (subject to hydrolysis) is 1. The third-order valence-electron chi connectivity index (χ3n) is 6.51. The topological polar surface area (TPSA) is 105 Å². The third-order valence-corrected chi connectivity index (χ3v) is 7.67. The fourth-order valence-electron chi connectivity index (χ4n) is 4.62. The molecule has 41 heavy (non-hydrogen) atoms. The molecule has 2 heterocycles. The zero-order valence-electron chi connectivity index (χ0n) is 22.7. The summed E-state index contributed by atoms with van der Waals surface area (Å²) in [5.74, 6) is -0.554. The predicted octanol–water partition coefficient (Wildman–Crippen LogP) is 7.08. The largest absolute Gasteiger partial charge is 0.444 e. The van der Waals surface area contributed by atoms with Gasteiger partial charge in [0.25, 0.3) is 5.91 Å². The highest BCUT2D eigenvalue weighted by Gasteiger charge is 2.33. The molecule has 0 atom stereocenters. The van der Waals surface area contributed by atoms with Gasteiger partial charge < -0.3 is 20.7 Å². The molecule has 1 aromatic carbocycles. The van der Waals surface area contributed by atoms with Crippen LogP contribution < -0.4 is 16.0 Å². The van der Waals surface area contributed by atoms with Gasteiger partial charge in [-0.1, -0.05) is 17.7 Å². The molecule has 4 rings (SSSR count). The maximum absolute atomic E-state index is 13.4. The van der Waals surface area contributed by atoms with Crippen LogP contribution in [0.2, 0.25) is 5.02 Å². The molecular formula is C28H30ClF3IN5O3. The number of pyridine rings is 2. The van der Waals surface area contributed by atoms with Gasteiger partial charge >= 0.3 is 12.3 Å². The Bertz CT molecular complexity index is 1440. The second-order valence-corrected chi connectivity index (χ2v) is 12.3. The third kappa shape index (κ3) is 8.12. The van der Waals surface area contributed by atoms with Crippen molar-refractivity contribution in [3.8, 4) is 0 Å². The minimum Gasteiger partial charge on any atom is -0.444 e. The highest BCUT2D eigenvalue weighted by atomic mass is 127. The Hall–Kier alpha value is -2.87. The van der Waals surface area contributed by atoms with E-state index in [0.717, 1.165) is 17.5 Å². The first-order valence-electron chi connectivity index (χ1n) is 13.1. The van der Waals surface area contributed by atoms with Crippen molar-refractivity contribution in [3.63, 3.8) is 0 Å². The summed E-state index contributed by atoms with van der Waals surface area (Å²) < 4.78 is 45.8. The maximum atomic E-state index is 13.4. The van der Waals surface area contributed by atoms with E-state index in [9.17, 15) is 22.8 Å². The van der Waals surface area contributed by atoms with E-state index in [-0.39, 0.29) is 29.9 Å². The summed E-state index contributed by atoms with van der Waals surface area (Å²) in [5, 5.41) is 9.41. The number of amides is 2. The van der Waals surface area contributed by atoms with E-state index in [1.54, 1.807) is 12.3 Å². The van der Waals surface area contributed by atoms with Crippen LogP contribution in [0, 0.1) is 3.70 Å². The van der Waals surface area contributed by atoms with E-state index >= 15 is 0 Å². The number of benzene rings is 1. The minimum absolute atomic E-state index is 0.0177. The molecule has 0 bridgehead atoms. The molecule has 8 nitrogen and oxygen atoms in total. The number of ether oxygens (including phenoxy) is 1. The smallest absolute Gasteiger partial charge is 0.417 e. The first kappa shape index (κ1) is 31.1. The Morgan fingerprint density at radius 1 is 1.10 bits per heavy atom. The van der Waals surface area contributed by atoms with Gasteiger partial charge in [0.15, 0.2) is 5.69 Å². The van der Waals surface area contributed by atoms with E-state index in [1.807, 2.05) is 49.4 Å². The number of nitrogens with zero attached hydrogens (tertiary/aromatic N) is 2. The highest BCUT2D eigenvalue weighted by Crippen LogP contribution is 2.35. The number of fused-ring (bicyclic) bond motifs is 1. The van der Waals surface area contributed by atoms with Gasteiger partial charge in [-0.3, -0.25) is 9.78 Å². The Balaban J connectivity index is 1.51. The van der Waals surface area contributed by atoms with Gasteiger partial charge in [-0.15, -0.1) is 0 Å². The molecule has 0 radical (unpaired) electrons. The molecule has 3 N–H and O–H groups in total. The normalized spacial score (nSPS) is 17.7. The quantitative estimate of drug-likeness (QED) is 0.187. The Kier molecular flexibility index (Phi) is 9.52. The Morgan fingerprint density at radius 3 is 2.44 bits per heavy atom. The van der Waals surface area contributed by atoms with Gasteiger partial charge in [-0.05, 0) is 98.9 Å². The van der Waals surface area contributed by atoms with Crippen molar-refractivity contribution in [2.24, 2.45) is 0 Å². The second-order valence-electron chi connectivity index (χ2n) is 10.9. The Labute approximate surface area is 254 Å².